The van der Waals surface area contributed by atoms with Crippen molar-refractivity contribution in [1.82, 2.24) is 9.78 Å². The number of anilines is 1. The average Bonchev–Trinajstić information content (AvgIpc) is 2.63. The Hall–Kier alpha value is -1.48. The lowest BCUT2D eigenvalue weighted by Gasteiger charge is -2.10. The van der Waals surface area contributed by atoms with Crippen molar-refractivity contribution in [3.8, 4) is 0 Å². The predicted octanol–water partition coefficient (Wildman–Crippen LogP) is 2.99. The third-order valence-electron chi connectivity index (χ3n) is 2.45. The molecule has 16 heavy (non-hydrogen) atoms. The van der Waals surface area contributed by atoms with Crippen molar-refractivity contribution in [3.05, 3.63) is 46.7 Å². The van der Waals surface area contributed by atoms with Gasteiger partial charge in [-0.25, -0.2) is 0 Å². The van der Waals surface area contributed by atoms with E-state index in [0.29, 0.717) is 0 Å². The lowest BCUT2D eigenvalue weighted by atomic mass is 10.2. The van der Waals surface area contributed by atoms with E-state index < -0.39 is 0 Å². The van der Waals surface area contributed by atoms with Crippen LogP contribution in [-0.2, 0) is 13.6 Å². The molecular weight excluding hydrogens is 222 g/mol. The zero-order chi connectivity index (χ0) is 11.5. The smallest absolute Gasteiger partial charge is 0.0640 e. The van der Waals surface area contributed by atoms with Crippen LogP contribution in [0, 0.1) is 6.92 Å². The topological polar surface area (TPSA) is 29.9 Å². The van der Waals surface area contributed by atoms with E-state index in [9.17, 15) is 0 Å². The second-order valence-electron chi connectivity index (χ2n) is 3.81. The van der Waals surface area contributed by atoms with Crippen molar-refractivity contribution in [2.45, 2.75) is 13.5 Å². The highest BCUT2D eigenvalue weighted by atomic mass is 35.5. The summed E-state index contributed by atoms with van der Waals surface area (Å²) in [5, 5.41) is 8.20. The molecule has 1 aromatic heterocycles. The van der Waals surface area contributed by atoms with E-state index in [4.69, 9.17) is 11.6 Å². The van der Waals surface area contributed by atoms with Crippen molar-refractivity contribution in [1.29, 1.82) is 0 Å². The molecule has 0 saturated carbocycles. The molecule has 0 atom stereocenters. The molecule has 4 heteroatoms. The fourth-order valence-corrected chi connectivity index (χ4v) is 1.90. The quantitative estimate of drug-likeness (QED) is 0.887. The minimum atomic E-state index is 0.735. The van der Waals surface area contributed by atoms with Gasteiger partial charge in [-0.15, -0.1) is 0 Å². The molecule has 1 heterocycles. The molecule has 0 amide bonds. The first-order valence-electron chi connectivity index (χ1n) is 5.13. The predicted molar refractivity (Wildman–Crippen MR) is 66.7 cm³/mol. The standard InChI is InChI=1S/C12H14ClN3/c1-9-4-3-5-11(13)12(9)14-6-10-7-15-16(2)8-10/h3-5,7-8,14H,6H2,1-2H3. The number of aryl methyl sites for hydroxylation is 2. The van der Waals surface area contributed by atoms with Crippen LogP contribution in [0.5, 0.6) is 0 Å². The Morgan fingerprint density at radius 2 is 2.25 bits per heavy atom. The van der Waals surface area contributed by atoms with E-state index in [2.05, 4.69) is 10.4 Å². The summed E-state index contributed by atoms with van der Waals surface area (Å²) >= 11 is 6.12. The third kappa shape index (κ3) is 2.36. The van der Waals surface area contributed by atoms with Crippen LogP contribution in [0.15, 0.2) is 30.6 Å². The van der Waals surface area contributed by atoms with Gasteiger partial charge in [0.25, 0.3) is 0 Å². The van der Waals surface area contributed by atoms with Gasteiger partial charge in [0.15, 0.2) is 0 Å². The van der Waals surface area contributed by atoms with Crippen molar-refractivity contribution in [2.75, 3.05) is 5.32 Å². The Morgan fingerprint density at radius 3 is 2.88 bits per heavy atom. The molecule has 0 unspecified atom stereocenters. The van der Waals surface area contributed by atoms with Crippen LogP contribution in [0.3, 0.4) is 0 Å². The lowest BCUT2D eigenvalue weighted by Crippen LogP contribution is -2.00. The molecular formula is C12H14ClN3. The van der Waals surface area contributed by atoms with Crippen molar-refractivity contribution < 1.29 is 0 Å². The Kier molecular flexibility index (Phi) is 3.15. The number of hydrogen-bond acceptors (Lipinski definition) is 2. The van der Waals surface area contributed by atoms with Crippen LogP contribution < -0.4 is 5.32 Å². The molecule has 0 spiro atoms. The SMILES string of the molecule is Cc1cccc(Cl)c1NCc1cnn(C)c1. The third-order valence-corrected chi connectivity index (χ3v) is 2.76. The molecule has 0 saturated heterocycles. The Labute approximate surface area is 100 Å². The van der Waals surface area contributed by atoms with Crippen LogP contribution in [0.1, 0.15) is 11.1 Å². The summed E-state index contributed by atoms with van der Waals surface area (Å²) in [5.74, 6) is 0. The molecule has 1 aromatic carbocycles. The number of nitrogens with one attached hydrogen (secondary N) is 1. The minimum Gasteiger partial charge on any atom is -0.379 e. The normalized spacial score (nSPS) is 10.4. The van der Waals surface area contributed by atoms with Gasteiger partial charge in [-0.05, 0) is 18.6 Å². The molecule has 2 aromatic rings. The molecule has 3 nitrogen and oxygen atoms in total. The highest BCUT2D eigenvalue weighted by molar-refractivity contribution is 6.33. The van der Waals surface area contributed by atoms with E-state index >= 15 is 0 Å². The first kappa shape index (κ1) is 11.0. The minimum absolute atomic E-state index is 0.735. The van der Waals surface area contributed by atoms with E-state index in [1.807, 2.05) is 44.6 Å². The maximum absolute atomic E-state index is 6.12. The van der Waals surface area contributed by atoms with E-state index in [0.717, 1.165) is 28.4 Å². The first-order valence-corrected chi connectivity index (χ1v) is 5.51. The van der Waals surface area contributed by atoms with Gasteiger partial charge in [-0.3, -0.25) is 4.68 Å². The van der Waals surface area contributed by atoms with Crippen LogP contribution in [0.4, 0.5) is 5.69 Å². The largest absolute Gasteiger partial charge is 0.379 e. The fourth-order valence-electron chi connectivity index (χ4n) is 1.61. The molecule has 0 aliphatic rings. The number of nitrogens with zero attached hydrogens (tertiary/aromatic N) is 2. The number of hydrogen-bond donors (Lipinski definition) is 1. The molecule has 84 valence electrons. The highest BCUT2D eigenvalue weighted by Gasteiger charge is 2.03. The van der Waals surface area contributed by atoms with Gasteiger partial charge in [0.2, 0.25) is 0 Å². The van der Waals surface area contributed by atoms with Crippen molar-refractivity contribution in [2.24, 2.45) is 7.05 Å². The van der Waals surface area contributed by atoms with Gasteiger partial charge in [-0.1, -0.05) is 23.7 Å². The zero-order valence-corrected chi connectivity index (χ0v) is 10.1. The first-order chi connectivity index (χ1) is 7.66. The summed E-state index contributed by atoms with van der Waals surface area (Å²) in [6, 6.07) is 5.88. The van der Waals surface area contributed by atoms with Gasteiger partial charge in [-0.2, -0.15) is 5.10 Å². The van der Waals surface area contributed by atoms with Crippen molar-refractivity contribution in [3.63, 3.8) is 0 Å². The monoisotopic (exact) mass is 235 g/mol. The maximum Gasteiger partial charge on any atom is 0.0640 e. The number of rotatable bonds is 3. The number of halogens is 1. The summed E-state index contributed by atoms with van der Waals surface area (Å²) in [5.41, 5.74) is 3.28. The van der Waals surface area contributed by atoms with Crippen LogP contribution in [0.2, 0.25) is 5.02 Å². The van der Waals surface area contributed by atoms with Gasteiger partial charge in [0, 0.05) is 25.4 Å². The maximum atomic E-state index is 6.12. The second kappa shape index (κ2) is 4.58. The Bertz CT molecular complexity index is 471. The molecule has 0 radical (unpaired) electrons. The zero-order valence-electron chi connectivity index (χ0n) is 9.37. The molecule has 0 bridgehead atoms. The highest BCUT2D eigenvalue weighted by Crippen LogP contribution is 2.25. The Balaban J connectivity index is 2.10. The van der Waals surface area contributed by atoms with Gasteiger partial charge in [0.1, 0.15) is 0 Å². The summed E-state index contributed by atoms with van der Waals surface area (Å²) < 4.78 is 1.79. The number of benzene rings is 1. The fraction of sp³-hybridized carbons (Fsp3) is 0.250. The van der Waals surface area contributed by atoms with E-state index in [-0.39, 0.29) is 0 Å². The molecule has 0 aliphatic carbocycles. The molecule has 2 rings (SSSR count). The van der Waals surface area contributed by atoms with Crippen molar-refractivity contribution >= 4 is 17.3 Å². The second-order valence-corrected chi connectivity index (χ2v) is 4.21. The summed E-state index contributed by atoms with van der Waals surface area (Å²) in [4.78, 5) is 0. The lowest BCUT2D eigenvalue weighted by molar-refractivity contribution is 0.767. The van der Waals surface area contributed by atoms with Crippen LogP contribution >= 0.6 is 11.6 Å². The average molecular weight is 236 g/mol. The molecule has 0 aliphatic heterocycles. The van der Waals surface area contributed by atoms with Gasteiger partial charge >= 0.3 is 0 Å². The summed E-state index contributed by atoms with van der Waals surface area (Å²) in [6.45, 7) is 2.77. The van der Waals surface area contributed by atoms with Crippen LogP contribution in [-0.4, -0.2) is 9.78 Å². The van der Waals surface area contributed by atoms with E-state index in [1.165, 1.54) is 0 Å². The van der Waals surface area contributed by atoms with E-state index in [1.54, 1.807) is 4.68 Å². The van der Waals surface area contributed by atoms with Crippen LogP contribution in [0.25, 0.3) is 0 Å². The van der Waals surface area contributed by atoms with Gasteiger partial charge in [0.05, 0.1) is 16.9 Å². The molecule has 0 fully saturated rings. The molecule has 1 N–H and O–H groups in total. The summed E-state index contributed by atoms with van der Waals surface area (Å²) in [6.07, 6.45) is 3.83. The van der Waals surface area contributed by atoms with Gasteiger partial charge < -0.3 is 5.32 Å². The number of para-hydroxylation sites is 1. The Morgan fingerprint density at radius 1 is 1.44 bits per heavy atom. The summed E-state index contributed by atoms with van der Waals surface area (Å²) in [7, 11) is 1.91. The number of aromatic nitrogens is 2.